The lowest BCUT2D eigenvalue weighted by Gasteiger charge is -2.16. The summed E-state index contributed by atoms with van der Waals surface area (Å²) < 4.78 is 32.8. The topological polar surface area (TPSA) is 97.6 Å². The molecule has 0 aliphatic carbocycles. The highest BCUT2D eigenvalue weighted by molar-refractivity contribution is 7.92. The van der Waals surface area contributed by atoms with Crippen molar-refractivity contribution in [3.63, 3.8) is 0 Å². The predicted octanol–water partition coefficient (Wildman–Crippen LogP) is 4.20. The molecule has 3 rings (SSSR count). The average Bonchev–Trinajstić information content (AvgIpc) is 3.09. The molecule has 0 aliphatic heterocycles. The van der Waals surface area contributed by atoms with Crippen molar-refractivity contribution >= 4 is 33.3 Å². The molecule has 0 saturated heterocycles. The van der Waals surface area contributed by atoms with E-state index in [0.717, 1.165) is 28.9 Å². The minimum Gasteiger partial charge on any atom is -0.496 e. The highest BCUT2D eigenvalue weighted by Gasteiger charge is 2.17. The molecule has 0 spiro atoms. The summed E-state index contributed by atoms with van der Waals surface area (Å²) in [7, 11) is -1.83. The Morgan fingerprint density at radius 2 is 1.83 bits per heavy atom. The van der Waals surface area contributed by atoms with E-state index in [4.69, 9.17) is 21.4 Å². The molecule has 1 heterocycles. The van der Waals surface area contributed by atoms with Crippen LogP contribution in [-0.2, 0) is 21.2 Å². The van der Waals surface area contributed by atoms with Crippen LogP contribution >= 0.6 is 11.6 Å². The predicted molar refractivity (Wildman–Crippen MR) is 117 cm³/mol. The quantitative estimate of drug-likeness (QED) is 0.538. The lowest BCUT2D eigenvalue weighted by molar-refractivity contribution is -0.136. The Hall–Kier alpha value is -2.97. The zero-order valence-electron chi connectivity index (χ0n) is 16.4. The molecular weight excluding hydrogens is 428 g/mol. The van der Waals surface area contributed by atoms with Gasteiger partial charge in [-0.25, -0.2) is 8.42 Å². The number of ether oxygens (including phenoxy) is 1. The Balaban J connectivity index is 2.11. The summed E-state index contributed by atoms with van der Waals surface area (Å²) in [5.74, 6) is -0.303. The number of aryl methyl sites for hydroxylation is 1. The summed E-state index contributed by atoms with van der Waals surface area (Å²) in [6.45, 7) is 0. The molecule has 0 aliphatic rings. The van der Waals surface area contributed by atoms with E-state index >= 15 is 0 Å². The van der Waals surface area contributed by atoms with Gasteiger partial charge >= 0.3 is 5.97 Å². The number of carbonyl (C=O) groups is 1. The largest absolute Gasteiger partial charge is 0.496 e. The molecule has 2 aromatic carbocycles. The maximum atomic E-state index is 11.5. The Kier molecular flexibility index (Phi) is 6.38. The molecule has 0 bridgehead atoms. The van der Waals surface area contributed by atoms with E-state index in [0.29, 0.717) is 22.9 Å². The summed E-state index contributed by atoms with van der Waals surface area (Å²) >= 11 is 6.09. The zero-order valence-corrected chi connectivity index (χ0v) is 18.0. The third-order valence-corrected chi connectivity index (χ3v) is 5.27. The summed E-state index contributed by atoms with van der Waals surface area (Å²) in [5, 5.41) is 9.65. The molecule has 0 unspecified atom stereocenters. The van der Waals surface area contributed by atoms with Crippen molar-refractivity contribution in [2.24, 2.45) is 0 Å². The smallest absolute Gasteiger partial charge is 0.303 e. The number of carboxylic acids is 1. The van der Waals surface area contributed by atoms with Crippen LogP contribution in [0, 0.1) is 0 Å². The molecule has 0 saturated carbocycles. The standard InChI is InChI=1S/C21H21ClN2O5S/c1-29-20-13-14(22)3-10-18(20)19-11-8-17(9-12-21(25)26)24(19)16-6-4-15(5-7-16)23-30(2,27)28/h3-8,10-11,13,23H,9,12H2,1-2H3,(H,25,26). The van der Waals surface area contributed by atoms with E-state index in [1.807, 2.05) is 22.8 Å². The summed E-state index contributed by atoms with van der Waals surface area (Å²) in [4.78, 5) is 11.1. The van der Waals surface area contributed by atoms with Crippen LogP contribution in [0.4, 0.5) is 5.69 Å². The zero-order chi connectivity index (χ0) is 21.9. The second kappa shape index (κ2) is 8.81. The van der Waals surface area contributed by atoms with Crippen LogP contribution < -0.4 is 9.46 Å². The number of nitrogens with one attached hydrogen (secondary N) is 1. The first kappa shape index (κ1) is 21.7. The van der Waals surface area contributed by atoms with E-state index in [2.05, 4.69) is 4.72 Å². The monoisotopic (exact) mass is 448 g/mol. The fraction of sp³-hybridized carbons (Fsp3) is 0.190. The van der Waals surface area contributed by atoms with Gasteiger partial charge in [0.15, 0.2) is 0 Å². The van der Waals surface area contributed by atoms with Crippen molar-refractivity contribution < 1.29 is 23.1 Å². The van der Waals surface area contributed by atoms with Gasteiger partial charge in [-0.2, -0.15) is 0 Å². The first-order valence-corrected chi connectivity index (χ1v) is 11.3. The normalized spacial score (nSPS) is 11.3. The minimum atomic E-state index is -3.39. The number of hydrogen-bond donors (Lipinski definition) is 2. The SMILES string of the molecule is COc1cc(Cl)ccc1-c1ccc(CCC(=O)O)n1-c1ccc(NS(C)(=O)=O)cc1. The van der Waals surface area contributed by atoms with Gasteiger partial charge in [-0.3, -0.25) is 9.52 Å². The summed E-state index contributed by atoms with van der Waals surface area (Å²) in [6, 6.07) is 15.9. The van der Waals surface area contributed by atoms with Crippen LogP contribution in [0.15, 0.2) is 54.6 Å². The molecule has 9 heteroatoms. The molecule has 0 atom stereocenters. The average molecular weight is 449 g/mol. The van der Waals surface area contributed by atoms with Gasteiger partial charge in [0.05, 0.1) is 25.5 Å². The maximum Gasteiger partial charge on any atom is 0.303 e. The number of aliphatic carboxylic acids is 1. The molecular formula is C21H21ClN2O5S. The van der Waals surface area contributed by atoms with Crippen LogP contribution in [0.25, 0.3) is 16.9 Å². The number of aromatic nitrogens is 1. The van der Waals surface area contributed by atoms with E-state index in [1.54, 1.807) is 43.5 Å². The molecule has 2 N–H and O–H groups in total. The molecule has 30 heavy (non-hydrogen) atoms. The van der Waals surface area contributed by atoms with Crippen molar-refractivity contribution in [3.05, 3.63) is 65.3 Å². The molecule has 0 amide bonds. The highest BCUT2D eigenvalue weighted by Crippen LogP contribution is 2.35. The van der Waals surface area contributed by atoms with Crippen molar-refractivity contribution in [1.29, 1.82) is 0 Å². The lowest BCUT2D eigenvalue weighted by Crippen LogP contribution is -2.10. The highest BCUT2D eigenvalue weighted by atomic mass is 35.5. The molecule has 0 fully saturated rings. The number of rotatable bonds is 8. The fourth-order valence-corrected chi connectivity index (χ4v) is 3.92. The van der Waals surface area contributed by atoms with Crippen molar-refractivity contribution in [2.75, 3.05) is 18.1 Å². The van der Waals surface area contributed by atoms with Crippen LogP contribution in [0.1, 0.15) is 12.1 Å². The Morgan fingerprint density at radius 1 is 1.13 bits per heavy atom. The molecule has 7 nitrogen and oxygen atoms in total. The molecule has 3 aromatic rings. The Morgan fingerprint density at radius 3 is 2.43 bits per heavy atom. The van der Waals surface area contributed by atoms with Crippen molar-refractivity contribution in [1.82, 2.24) is 4.57 Å². The van der Waals surface area contributed by atoms with E-state index in [9.17, 15) is 13.2 Å². The summed E-state index contributed by atoms with van der Waals surface area (Å²) in [5.41, 5.74) is 3.58. The van der Waals surface area contributed by atoms with Gasteiger partial charge in [0, 0.05) is 27.7 Å². The molecule has 0 radical (unpaired) electrons. The van der Waals surface area contributed by atoms with E-state index < -0.39 is 16.0 Å². The van der Waals surface area contributed by atoms with Gasteiger partial charge in [0.1, 0.15) is 5.75 Å². The number of carboxylic acid groups (broad SMARTS) is 1. The minimum absolute atomic E-state index is 0.0189. The van der Waals surface area contributed by atoms with Crippen molar-refractivity contribution in [3.8, 4) is 22.7 Å². The third kappa shape index (κ3) is 5.14. The fourth-order valence-electron chi connectivity index (χ4n) is 3.19. The van der Waals surface area contributed by atoms with E-state index in [1.165, 1.54) is 0 Å². The molecule has 1 aromatic heterocycles. The Labute approximate surface area is 179 Å². The van der Waals surface area contributed by atoms with Gasteiger partial charge in [-0.15, -0.1) is 0 Å². The van der Waals surface area contributed by atoms with Gasteiger partial charge in [-0.1, -0.05) is 11.6 Å². The van der Waals surface area contributed by atoms with Crippen LogP contribution in [0.3, 0.4) is 0 Å². The van der Waals surface area contributed by atoms with Crippen LogP contribution in [-0.4, -0.2) is 37.4 Å². The third-order valence-electron chi connectivity index (χ3n) is 4.42. The lowest BCUT2D eigenvalue weighted by atomic mass is 10.1. The number of benzene rings is 2. The maximum absolute atomic E-state index is 11.5. The first-order chi connectivity index (χ1) is 14.2. The number of sulfonamides is 1. The number of methoxy groups -OCH3 is 1. The van der Waals surface area contributed by atoms with Crippen LogP contribution in [0.5, 0.6) is 5.75 Å². The van der Waals surface area contributed by atoms with Gasteiger partial charge in [0.25, 0.3) is 0 Å². The van der Waals surface area contributed by atoms with Crippen molar-refractivity contribution in [2.45, 2.75) is 12.8 Å². The number of halogens is 1. The Bertz CT molecular complexity index is 1170. The molecule has 158 valence electrons. The summed E-state index contributed by atoms with van der Waals surface area (Å²) in [6.07, 6.45) is 1.39. The second-order valence-corrected chi connectivity index (χ2v) is 8.89. The van der Waals surface area contributed by atoms with Gasteiger partial charge in [-0.05, 0) is 61.0 Å². The second-order valence-electron chi connectivity index (χ2n) is 6.70. The number of nitrogens with zero attached hydrogens (tertiary/aromatic N) is 1. The first-order valence-electron chi connectivity index (χ1n) is 9.02. The number of anilines is 1. The van der Waals surface area contributed by atoms with E-state index in [-0.39, 0.29) is 6.42 Å². The van der Waals surface area contributed by atoms with Crippen LogP contribution in [0.2, 0.25) is 5.02 Å². The van der Waals surface area contributed by atoms with Gasteiger partial charge in [0.2, 0.25) is 10.0 Å². The number of hydrogen-bond acceptors (Lipinski definition) is 4. The van der Waals surface area contributed by atoms with Gasteiger partial charge < -0.3 is 14.4 Å².